The monoisotopic (exact) mass is 552 g/mol. The molecule has 41 heavy (non-hydrogen) atoms. The molecular formula is C33H33FN4O3. The molecule has 4 aromatic rings. The van der Waals surface area contributed by atoms with Crippen molar-refractivity contribution in [3.8, 4) is 17.2 Å². The molecule has 2 aliphatic heterocycles. The molecule has 2 aliphatic rings. The summed E-state index contributed by atoms with van der Waals surface area (Å²) in [6.07, 6.45) is 0.899. The van der Waals surface area contributed by atoms with Crippen LogP contribution in [0.5, 0.6) is 17.2 Å². The number of hydrogen-bond donors (Lipinski definition) is 3. The molecule has 0 radical (unpaired) electrons. The molecule has 2 saturated heterocycles. The Bertz CT molecular complexity index is 1480. The van der Waals surface area contributed by atoms with E-state index in [0.29, 0.717) is 42.8 Å². The van der Waals surface area contributed by atoms with Crippen molar-refractivity contribution in [2.75, 3.05) is 25.1 Å². The zero-order valence-electron chi connectivity index (χ0n) is 22.6. The molecule has 8 heteroatoms. The number of amides is 1. The number of nitrogens with one attached hydrogen (secondary N) is 3. The van der Waals surface area contributed by atoms with E-state index >= 15 is 0 Å². The first kappa shape index (κ1) is 27.0. The molecule has 7 nitrogen and oxygen atoms in total. The number of benzene rings is 4. The van der Waals surface area contributed by atoms with E-state index in [0.717, 1.165) is 17.5 Å². The first-order chi connectivity index (χ1) is 20.1. The largest absolute Gasteiger partial charge is 0.485 e. The van der Waals surface area contributed by atoms with Crippen molar-refractivity contribution in [3.05, 3.63) is 120 Å². The average molecular weight is 553 g/mol. The first-order valence-corrected chi connectivity index (χ1v) is 13.9. The van der Waals surface area contributed by atoms with Gasteiger partial charge in [0.2, 0.25) is 5.91 Å². The van der Waals surface area contributed by atoms with Crippen LogP contribution >= 0.6 is 0 Å². The Morgan fingerprint density at radius 2 is 1.63 bits per heavy atom. The fourth-order valence-electron chi connectivity index (χ4n) is 5.69. The van der Waals surface area contributed by atoms with E-state index in [-0.39, 0.29) is 36.4 Å². The van der Waals surface area contributed by atoms with Gasteiger partial charge in [0.15, 0.2) is 17.2 Å². The Labute approximate surface area is 239 Å². The van der Waals surface area contributed by atoms with Gasteiger partial charge in [-0.3, -0.25) is 20.3 Å². The van der Waals surface area contributed by atoms with Crippen molar-refractivity contribution >= 4 is 11.6 Å². The van der Waals surface area contributed by atoms with Crippen molar-refractivity contribution in [3.63, 3.8) is 0 Å². The van der Waals surface area contributed by atoms with Crippen LogP contribution in [-0.4, -0.2) is 42.6 Å². The lowest BCUT2D eigenvalue weighted by molar-refractivity contribution is -0.118. The summed E-state index contributed by atoms with van der Waals surface area (Å²) >= 11 is 0. The van der Waals surface area contributed by atoms with E-state index in [2.05, 4.69) is 20.9 Å². The zero-order chi connectivity index (χ0) is 28.0. The molecule has 2 fully saturated rings. The van der Waals surface area contributed by atoms with Gasteiger partial charge in [0, 0.05) is 25.3 Å². The Kier molecular flexibility index (Phi) is 8.23. The first-order valence-electron chi connectivity index (χ1n) is 13.9. The highest BCUT2D eigenvalue weighted by atomic mass is 19.1. The smallest absolute Gasteiger partial charge is 0.238 e. The molecule has 3 unspecified atom stereocenters. The second kappa shape index (κ2) is 12.5. The fourth-order valence-corrected chi connectivity index (χ4v) is 5.69. The summed E-state index contributed by atoms with van der Waals surface area (Å²) in [5.41, 5.74) is 2.48. The Balaban J connectivity index is 1.16. The topological polar surface area (TPSA) is 74.9 Å². The van der Waals surface area contributed by atoms with Crippen LogP contribution in [0.3, 0.4) is 0 Å². The summed E-state index contributed by atoms with van der Waals surface area (Å²) in [4.78, 5) is 15.5. The predicted octanol–water partition coefficient (Wildman–Crippen LogP) is 5.47. The van der Waals surface area contributed by atoms with Crippen LogP contribution in [0.15, 0.2) is 103 Å². The number of para-hydroxylation sites is 4. The molecule has 0 aliphatic carbocycles. The van der Waals surface area contributed by atoms with Crippen LogP contribution < -0.4 is 25.4 Å². The molecule has 2 heterocycles. The molecule has 6 rings (SSSR count). The quantitative estimate of drug-likeness (QED) is 0.256. The van der Waals surface area contributed by atoms with Crippen LogP contribution in [0.2, 0.25) is 0 Å². The van der Waals surface area contributed by atoms with Crippen molar-refractivity contribution in [1.29, 1.82) is 0 Å². The van der Waals surface area contributed by atoms with Gasteiger partial charge < -0.3 is 14.8 Å². The Morgan fingerprint density at radius 1 is 0.878 bits per heavy atom. The maximum atomic E-state index is 14.2. The van der Waals surface area contributed by atoms with Crippen LogP contribution in [0, 0.1) is 5.82 Å². The van der Waals surface area contributed by atoms with E-state index < -0.39 is 0 Å². The molecular weight excluding hydrogens is 519 g/mol. The third kappa shape index (κ3) is 6.41. The number of carbonyl (C=O) groups is 1. The van der Waals surface area contributed by atoms with Gasteiger partial charge in [-0.1, -0.05) is 66.7 Å². The molecule has 3 N–H and O–H groups in total. The number of halogens is 1. The second-order valence-corrected chi connectivity index (χ2v) is 10.3. The Morgan fingerprint density at radius 3 is 2.46 bits per heavy atom. The van der Waals surface area contributed by atoms with Crippen LogP contribution in [0.1, 0.15) is 23.6 Å². The standard InChI is InChI=1S/C33H33FN4O3/c34-25-12-8-11-24(19-25)33-32-27(35-22-36-32)17-18-38(33)20-31(39)37-26-13-4-5-14-28(26)41-30-16-7-6-15-29(30)40-21-23-9-2-1-3-10-23/h1-16,19,27,32-33,35-36H,17-18,20-22H2,(H,37,39). The number of likely N-dealkylation sites (tertiary alicyclic amines) is 1. The van der Waals surface area contributed by atoms with E-state index in [1.807, 2.05) is 84.9 Å². The number of anilines is 1. The predicted molar refractivity (Wildman–Crippen MR) is 156 cm³/mol. The summed E-state index contributed by atoms with van der Waals surface area (Å²) in [6.45, 7) is 1.99. The summed E-state index contributed by atoms with van der Waals surface area (Å²) in [5.74, 6) is 1.23. The van der Waals surface area contributed by atoms with Crippen molar-refractivity contribution < 1.29 is 18.7 Å². The van der Waals surface area contributed by atoms with Crippen LogP contribution in [0.4, 0.5) is 10.1 Å². The normalized spacial score (nSPS) is 20.3. The summed E-state index contributed by atoms with van der Waals surface area (Å²) in [6, 6.07) is 31.7. The van der Waals surface area contributed by atoms with Gasteiger partial charge in [-0.05, 0) is 53.9 Å². The minimum atomic E-state index is -0.279. The maximum absolute atomic E-state index is 14.2. The van der Waals surface area contributed by atoms with Gasteiger partial charge in [-0.2, -0.15) is 0 Å². The lowest BCUT2D eigenvalue weighted by Gasteiger charge is -2.42. The van der Waals surface area contributed by atoms with E-state index in [1.165, 1.54) is 6.07 Å². The van der Waals surface area contributed by atoms with E-state index in [4.69, 9.17) is 9.47 Å². The molecule has 3 atom stereocenters. The number of fused-ring (bicyclic) bond motifs is 1. The third-order valence-corrected chi connectivity index (χ3v) is 7.60. The molecule has 1 amide bonds. The zero-order valence-corrected chi connectivity index (χ0v) is 22.6. The Hall–Kier alpha value is -4.24. The molecule has 0 bridgehead atoms. The number of nitrogens with zero attached hydrogens (tertiary/aromatic N) is 1. The number of ether oxygens (including phenoxy) is 2. The number of rotatable bonds is 9. The van der Waals surface area contributed by atoms with E-state index in [9.17, 15) is 9.18 Å². The minimum absolute atomic E-state index is 0.0846. The minimum Gasteiger partial charge on any atom is -0.485 e. The molecule has 0 aromatic heterocycles. The van der Waals surface area contributed by atoms with Gasteiger partial charge in [0.1, 0.15) is 12.4 Å². The highest BCUT2D eigenvalue weighted by Gasteiger charge is 2.41. The SMILES string of the molecule is O=C(CN1CCC2NCNC2C1c1cccc(F)c1)Nc1ccccc1Oc1ccccc1OCc1ccccc1. The molecule has 210 valence electrons. The van der Waals surface area contributed by atoms with Gasteiger partial charge in [-0.15, -0.1) is 0 Å². The third-order valence-electron chi connectivity index (χ3n) is 7.60. The lowest BCUT2D eigenvalue weighted by atomic mass is 9.87. The highest BCUT2D eigenvalue weighted by Crippen LogP contribution is 2.36. The van der Waals surface area contributed by atoms with Crippen LogP contribution in [0.25, 0.3) is 0 Å². The number of carbonyl (C=O) groups excluding carboxylic acids is 1. The van der Waals surface area contributed by atoms with Crippen LogP contribution in [-0.2, 0) is 11.4 Å². The molecule has 0 spiro atoms. The average Bonchev–Trinajstić information content (AvgIpc) is 3.47. The van der Waals surface area contributed by atoms with Gasteiger partial charge in [-0.25, -0.2) is 4.39 Å². The lowest BCUT2D eigenvalue weighted by Crippen LogP contribution is -2.54. The van der Waals surface area contributed by atoms with Gasteiger partial charge in [0.05, 0.1) is 18.3 Å². The summed E-state index contributed by atoms with van der Waals surface area (Å²) < 4.78 is 26.5. The number of piperidine rings is 1. The number of hydrogen-bond acceptors (Lipinski definition) is 6. The van der Waals surface area contributed by atoms with Crippen molar-refractivity contribution in [1.82, 2.24) is 15.5 Å². The maximum Gasteiger partial charge on any atom is 0.238 e. The van der Waals surface area contributed by atoms with Gasteiger partial charge in [0.25, 0.3) is 0 Å². The van der Waals surface area contributed by atoms with Crippen molar-refractivity contribution in [2.24, 2.45) is 0 Å². The van der Waals surface area contributed by atoms with Gasteiger partial charge >= 0.3 is 0 Å². The fraction of sp³-hybridized carbons (Fsp3) is 0.242. The summed E-state index contributed by atoms with van der Waals surface area (Å²) in [7, 11) is 0. The molecule has 0 saturated carbocycles. The van der Waals surface area contributed by atoms with Crippen molar-refractivity contribution in [2.45, 2.75) is 31.2 Å². The molecule has 4 aromatic carbocycles. The second-order valence-electron chi connectivity index (χ2n) is 10.3. The van der Waals surface area contributed by atoms with E-state index in [1.54, 1.807) is 12.1 Å². The summed E-state index contributed by atoms with van der Waals surface area (Å²) in [5, 5.41) is 10.0. The highest BCUT2D eigenvalue weighted by molar-refractivity contribution is 5.93.